The van der Waals surface area contributed by atoms with Crippen molar-refractivity contribution in [1.82, 2.24) is 5.06 Å². The number of carbonyl (C=O) groups excluding carboxylic acids is 2. The van der Waals surface area contributed by atoms with Crippen molar-refractivity contribution in [3.05, 3.63) is 35.9 Å². The Labute approximate surface area is 143 Å². The average molecular weight is 333 g/mol. The third-order valence-electron chi connectivity index (χ3n) is 4.23. The number of hydrogen-bond acceptors (Lipinski definition) is 5. The summed E-state index contributed by atoms with van der Waals surface area (Å²) in [5.74, 6) is -0.315. The van der Waals surface area contributed by atoms with E-state index in [2.05, 4.69) is 0 Å². The van der Waals surface area contributed by atoms with E-state index in [-0.39, 0.29) is 35.5 Å². The molecule has 1 saturated heterocycles. The van der Waals surface area contributed by atoms with Gasteiger partial charge in [0.2, 0.25) is 0 Å². The van der Waals surface area contributed by atoms with E-state index in [1.165, 1.54) is 6.92 Å². The summed E-state index contributed by atoms with van der Waals surface area (Å²) in [6.45, 7) is 9.72. The van der Waals surface area contributed by atoms with Gasteiger partial charge in [-0.1, -0.05) is 18.2 Å². The molecule has 0 aliphatic carbocycles. The molecule has 1 heterocycles. The quantitative estimate of drug-likeness (QED) is 0.773. The maximum absolute atomic E-state index is 12.3. The van der Waals surface area contributed by atoms with Crippen LogP contribution in [0.5, 0.6) is 0 Å². The van der Waals surface area contributed by atoms with Gasteiger partial charge in [-0.05, 0) is 46.8 Å². The van der Waals surface area contributed by atoms with E-state index in [1.54, 1.807) is 12.1 Å². The Balaban J connectivity index is 2.08. The predicted molar refractivity (Wildman–Crippen MR) is 91.5 cm³/mol. The Morgan fingerprint density at radius 3 is 2.12 bits per heavy atom. The topological polar surface area (TPSA) is 55.8 Å². The Morgan fingerprint density at radius 1 is 1.08 bits per heavy atom. The van der Waals surface area contributed by atoms with Crippen molar-refractivity contribution >= 4 is 11.8 Å². The molecular weight excluding hydrogens is 306 g/mol. The molecule has 1 fully saturated rings. The van der Waals surface area contributed by atoms with Crippen LogP contribution in [0, 0.1) is 0 Å². The molecule has 0 saturated carbocycles. The number of rotatable bonds is 5. The van der Waals surface area contributed by atoms with Gasteiger partial charge in [0.15, 0.2) is 5.78 Å². The van der Waals surface area contributed by atoms with Gasteiger partial charge in [-0.2, -0.15) is 5.06 Å². The molecule has 0 spiro atoms. The van der Waals surface area contributed by atoms with Gasteiger partial charge < -0.3 is 4.74 Å². The van der Waals surface area contributed by atoms with Crippen molar-refractivity contribution < 1.29 is 19.2 Å². The van der Waals surface area contributed by atoms with Crippen LogP contribution in [0.2, 0.25) is 0 Å². The molecule has 1 aromatic carbocycles. The lowest BCUT2D eigenvalue weighted by Gasteiger charge is -2.53. The van der Waals surface area contributed by atoms with E-state index in [1.807, 2.05) is 51.0 Å². The molecule has 1 aliphatic rings. The van der Waals surface area contributed by atoms with E-state index in [4.69, 9.17) is 9.57 Å². The molecule has 24 heavy (non-hydrogen) atoms. The molecule has 0 unspecified atom stereocenters. The number of carbonyl (C=O) groups is 2. The predicted octanol–water partition coefficient (Wildman–Crippen LogP) is 3.39. The van der Waals surface area contributed by atoms with Crippen LogP contribution in [-0.4, -0.2) is 40.6 Å². The fourth-order valence-electron chi connectivity index (χ4n) is 3.55. The zero-order chi connectivity index (χ0) is 18.0. The van der Waals surface area contributed by atoms with Crippen LogP contribution in [0.25, 0.3) is 0 Å². The summed E-state index contributed by atoms with van der Waals surface area (Å²) in [7, 11) is 0. The number of ketones is 1. The highest BCUT2D eigenvalue weighted by Gasteiger charge is 2.48. The van der Waals surface area contributed by atoms with Crippen LogP contribution in [0.4, 0.5) is 0 Å². The molecular formula is C19H27NO4. The molecule has 0 amide bonds. The maximum atomic E-state index is 12.3. The Morgan fingerprint density at radius 2 is 1.62 bits per heavy atom. The van der Waals surface area contributed by atoms with E-state index in [9.17, 15) is 9.59 Å². The van der Waals surface area contributed by atoms with E-state index < -0.39 is 0 Å². The zero-order valence-corrected chi connectivity index (χ0v) is 15.2. The number of benzene rings is 1. The smallest absolute Gasteiger partial charge is 0.338 e. The molecule has 132 valence electrons. The van der Waals surface area contributed by atoms with Crippen molar-refractivity contribution in [2.45, 2.75) is 64.6 Å². The first kappa shape index (κ1) is 18.6. The van der Waals surface area contributed by atoms with Crippen molar-refractivity contribution in [3.63, 3.8) is 0 Å². The molecule has 5 heteroatoms. The number of Topliss-reactive ketones (excluding diaryl/α,β-unsaturated/α-hetero) is 1. The third-order valence-corrected chi connectivity index (χ3v) is 4.23. The van der Waals surface area contributed by atoms with Crippen molar-refractivity contribution in [2.75, 3.05) is 6.61 Å². The molecule has 2 rings (SSSR count). The van der Waals surface area contributed by atoms with Crippen LogP contribution >= 0.6 is 0 Å². The highest BCUT2D eigenvalue weighted by molar-refractivity contribution is 5.89. The van der Waals surface area contributed by atoms with Gasteiger partial charge in [0.05, 0.1) is 5.56 Å². The number of ether oxygens (including phenoxy) is 1. The number of hydroxylamine groups is 2. The van der Waals surface area contributed by atoms with Crippen LogP contribution in [-0.2, 0) is 14.4 Å². The minimum atomic E-state index is -0.348. The largest absolute Gasteiger partial charge is 0.459 e. The van der Waals surface area contributed by atoms with Crippen molar-refractivity contribution in [2.24, 2.45) is 0 Å². The Kier molecular flexibility index (Phi) is 5.45. The second kappa shape index (κ2) is 7.03. The fraction of sp³-hybridized carbons (Fsp3) is 0.579. The molecule has 1 aromatic rings. The lowest BCUT2D eigenvalue weighted by atomic mass is 9.80. The summed E-state index contributed by atoms with van der Waals surface area (Å²) in [6, 6.07) is 9.02. The molecule has 5 nitrogen and oxygen atoms in total. The summed E-state index contributed by atoms with van der Waals surface area (Å²) >= 11 is 0. The second-order valence-electron chi connectivity index (χ2n) is 7.70. The van der Waals surface area contributed by atoms with Crippen LogP contribution < -0.4 is 0 Å². The van der Waals surface area contributed by atoms with Crippen molar-refractivity contribution in [3.8, 4) is 0 Å². The van der Waals surface area contributed by atoms with Gasteiger partial charge in [0.25, 0.3) is 0 Å². The Hall–Kier alpha value is -1.72. The lowest BCUT2D eigenvalue weighted by molar-refractivity contribution is -0.287. The van der Waals surface area contributed by atoms with Crippen molar-refractivity contribution in [1.29, 1.82) is 0 Å². The molecule has 1 aliphatic heterocycles. The van der Waals surface area contributed by atoms with E-state index in [0.717, 1.165) is 0 Å². The number of nitrogens with zero attached hydrogens (tertiary/aromatic N) is 1. The lowest BCUT2D eigenvalue weighted by Crippen LogP contribution is -2.62. The van der Waals surface area contributed by atoms with Gasteiger partial charge in [0.1, 0.15) is 12.7 Å². The maximum Gasteiger partial charge on any atom is 0.338 e. The molecule has 0 N–H and O–H groups in total. The summed E-state index contributed by atoms with van der Waals surface area (Å²) in [6.07, 6.45) is 1.10. The van der Waals surface area contributed by atoms with Crippen LogP contribution in [0.1, 0.15) is 57.8 Å². The third kappa shape index (κ3) is 4.42. The van der Waals surface area contributed by atoms with E-state index in [0.29, 0.717) is 18.4 Å². The van der Waals surface area contributed by atoms with Gasteiger partial charge in [-0.3, -0.25) is 9.63 Å². The van der Waals surface area contributed by atoms with Crippen LogP contribution in [0.3, 0.4) is 0 Å². The van der Waals surface area contributed by atoms with Gasteiger partial charge in [0, 0.05) is 23.9 Å². The molecule has 0 radical (unpaired) electrons. The number of hydrogen-bond donors (Lipinski definition) is 0. The SMILES string of the molecule is CC(=O)CON1C(C)(C)CC(OC(=O)c2ccccc2)CC1(C)C. The fourth-order valence-corrected chi connectivity index (χ4v) is 3.55. The van der Waals surface area contributed by atoms with Gasteiger partial charge in [-0.15, -0.1) is 0 Å². The van der Waals surface area contributed by atoms with Gasteiger partial charge >= 0.3 is 5.97 Å². The molecule has 0 atom stereocenters. The van der Waals surface area contributed by atoms with E-state index >= 15 is 0 Å². The monoisotopic (exact) mass is 333 g/mol. The average Bonchev–Trinajstić information content (AvgIpc) is 2.45. The molecule has 0 aromatic heterocycles. The highest BCUT2D eigenvalue weighted by atomic mass is 16.7. The first-order valence-electron chi connectivity index (χ1n) is 8.30. The normalized spacial score (nSPS) is 20.5. The summed E-state index contributed by atoms with van der Waals surface area (Å²) in [4.78, 5) is 29.3. The first-order chi connectivity index (χ1) is 11.1. The Bertz CT molecular complexity index is 577. The number of piperidine rings is 1. The summed E-state index contributed by atoms with van der Waals surface area (Å²) in [5.41, 5.74) is -0.138. The van der Waals surface area contributed by atoms with Gasteiger partial charge in [-0.25, -0.2) is 4.79 Å². The standard InChI is InChI=1S/C19H27NO4/c1-14(21)13-23-20-18(2,3)11-16(12-19(20,4)5)24-17(22)15-9-7-6-8-10-15/h6-10,16H,11-13H2,1-5H3. The second-order valence-corrected chi connectivity index (χ2v) is 7.70. The minimum absolute atomic E-state index is 0.0146. The highest BCUT2D eigenvalue weighted by Crippen LogP contribution is 2.40. The zero-order valence-electron chi connectivity index (χ0n) is 15.2. The summed E-state index contributed by atoms with van der Waals surface area (Å²) in [5, 5.41) is 1.88. The van der Waals surface area contributed by atoms with Crippen LogP contribution in [0.15, 0.2) is 30.3 Å². The number of esters is 1. The summed E-state index contributed by atoms with van der Waals surface area (Å²) < 4.78 is 5.73. The molecule has 0 bridgehead atoms. The first-order valence-corrected chi connectivity index (χ1v) is 8.30. The minimum Gasteiger partial charge on any atom is -0.459 e.